The number of hydrogen-bond acceptors (Lipinski definition) is 6. The van der Waals surface area contributed by atoms with E-state index in [1.165, 1.54) is 0 Å². The molecular weight excluding hydrogens is 604 g/mol. The Balaban J connectivity index is 1.82. The van der Waals surface area contributed by atoms with Gasteiger partial charge in [-0.25, -0.2) is 8.78 Å². The van der Waals surface area contributed by atoms with E-state index >= 15 is 0 Å². The molecule has 1 aliphatic rings. The number of nitrogens with one attached hydrogen (secondary N) is 2. The first kappa shape index (κ1) is 31.5. The third-order valence-electron chi connectivity index (χ3n) is 6.43. The zero-order valence-electron chi connectivity index (χ0n) is 21.7. The third kappa shape index (κ3) is 7.38. The molecule has 0 radical (unpaired) electrons. The van der Waals surface area contributed by atoms with E-state index in [-0.39, 0.29) is 12.0 Å². The van der Waals surface area contributed by atoms with Crippen LogP contribution in [0.1, 0.15) is 45.1 Å². The molecule has 0 aromatic heterocycles. The number of carboxylic acids is 1. The first-order valence-corrected chi connectivity index (χ1v) is 13.3. The molecule has 8 nitrogen and oxygen atoms in total. The number of carboxylic acid groups (broad SMARTS) is 1. The average molecular weight is 633 g/mol. The van der Waals surface area contributed by atoms with Crippen molar-refractivity contribution in [3.63, 3.8) is 0 Å². The van der Waals surface area contributed by atoms with Crippen molar-refractivity contribution >= 4 is 33.6 Å². The summed E-state index contributed by atoms with van der Waals surface area (Å²) in [5.41, 5.74) is -0.303. The maximum Gasteiger partial charge on any atom is 0.305 e. The van der Waals surface area contributed by atoms with Gasteiger partial charge in [0, 0.05) is 22.7 Å². The van der Waals surface area contributed by atoms with Crippen molar-refractivity contribution in [1.82, 2.24) is 10.6 Å². The Morgan fingerprint density at radius 3 is 2.30 bits per heavy atom. The molecule has 218 valence electrons. The van der Waals surface area contributed by atoms with Gasteiger partial charge in [-0.1, -0.05) is 48.0 Å². The first-order valence-electron chi connectivity index (χ1n) is 12.5. The van der Waals surface area contributed by atoms with E-state index in [9.17, 15) is 37.1 Å². The van der Waals surface area contributed by atoms with Crippen LogP contribution in [0.15, 0.2) is 34.8 Å². The molecule has 0 bridgehead atoms. The van der Waals surface area contributed by atoms with E-state index < -0.39 is 77.5 Å². The van der Waals surface area contributed by atoms with Gasteiger partial charge < -0.3 is 19.9 Å². The van der Waals surface area contributed by atoms with Gasteiger partial charge in [0.15, 0.2) is 23.2 Å². The summed E-state index contributed by atoms with van der Waals surface area (Å²) in [4.78, 5) is 37.7. The molecule has 0 aliphatic carbocycles. The highest BCUT2D eigenvalue weighted by molar-refractivity contribution is 9.10. The Labute approximate surface area is 236 Å². The maximum atomic E-state index is 13.9. The average Bonchev–Trinajstić information content (AvgIpc) is 2.90. The Bertz CT molecular complexity index is 1230. The summed E-state index contributed by atoms with van der Waals surface area (Å²) in [6.45, 7) is 2.74. The number of rotatable bonds is 12. The van der Waals surface area contributed by atoms with Crippen LogP contribution in [-0.4, -0.2) is 48.1 Å². The predicted octanol–water partition coefficient (Wildman–Crippen LogP) is 4.58. The number of benzene rings is 2. The lowest BCUT2D eigenvalue weighted by Crippen LogP contribution is -2.60. The van der Waals surface area contributed by atoms with Gasteiger partial charge in [-0.05, 0) is 31.2 Å². The summed E-state index contributed by atoms with van der Waals surface area (Å²) in [7, 11) is 0. The van der Waals surface area contributed by atoms with Crippen molar-refractivity contribution in [3.05, 3.63) is 63.6 Å². The number of carbonyl (C=O) groups excluding carboxylic acids is 2. The van der Waals surface area contributed by atoms with E-state index in [1.807, 2.05) is 24.3 Å². The van der Waals surface area contributed by atoms with Gasteiger partial charge in [0.1, 0.15) is 18.4 Å². The Kier molecular flexibility index (Phi) is 10.7. The molecule has 1 saturated heterocycles. The number of aliphatic carboxylic acids is 1. The zero-order chi connectivity index (χ0) is 29.6. The summed E-state index contributed by atoms with van der Waals surface area (Å²) < 4.78 is 66.4. The molecule has 13 heteroatoms. The minimum absolute atomic E-state index is 0.0252. The second-order valence-electron chi connectivity index (χ2n) is 9.69. The van der Waals surface area contributed by atoms with E-state index in [2.05, 4.69) is 31.3 Å². The Morgan fingerprint density at radius 1 is 1.10 bits per heavy atom. The standard InChI is InChI=1S/C27H29BrF4N2O6/c1-14(2)24(34-27(9-5-6-10-40-27)15-7-3-4-8-16(15)28)26(38)33-19(12-21(36)37)20(35)13-39-25-22(31)17(29)11-18(30)23(25)32/h3-4,7-8,11,14,19,24,34H,5-6,9-10,12-13H2,1-2H3,(H,33,38)(H,36,37)/t19-,24-,27?/m0/s1. The zero-order valence-corrected chi connectivity index (χ0v) is 23.3. The molecule has 0 saturated carbocycles. The lowest BCUT2D eigenvalue weighted by atomic mass is 9.91. The second kappa shape index (κ2) is 13.6. The molecule has 0 spiro atoms. The molecule has 1 fully saturated rings. The molecule has 2 aromatic rings. The predicted molar refractivity (Wildman–Crippen MR) is 138 cm³/mol. The summed E-state index contributed by atoms with van der Waals surface area (Å²) in [5, 5.41) is 15.0. The molecule has 40 heavy (non-hydrogen) atoms. The lowest BCUT2D eigenvalue weighted by Gasteiger charge is -2.42. The Hall–Kier alpha value is -3.03. The molecule has 3 N–H and O–H groups in total. The minimum atomic E-state index is -1.86. The number of hydrogen-bond donors (Lipinski definition) is 3. The van der Waals surface area contributed by atoms with Crippen molar-refractivity contribution in [3.8, 4) is 5.75 Å². The minimum Gasteiger partial charge on any atom is -0.481 e. The fourth-order valence-electron chi connectivity index (χ4n) is 4.38. The van der Waals surface area contributed by atoms with Crippen molar-refractivity contribution in [1.29, 1.82) is 0 Å². The highest BCUT2D eigenvalue weighted by Crippen LogP contribution is 2.37. The Morgan fingerprint density at radius 2 is 1.75 bits per heavy atom. The summed E-state index contributed by atoms with van der Waals surface area (Å²) >= 11 is 3.53. The van der Waals surface area contributed by atoms with Crippen LogP contribution in [0, 0.1) is 29.2 Å². The SMILES string of the molecule is CC(C)[C@H](NC1(c2ccccc2Br)CCCCO1)C(=O)N[C@@H](CC(=O)O)C(=O)COc1c(F)c(F)cc(F)c1F. The van der Waals surface area contributed by atoms with E-state index in [1.54, 1.807) is 13.8 Å². The van der Waals surface area contributed by atoms with Gasteiger partial charge in [0.2, 0.25) is 17.5 Å². The number of ketones is 1. The highest BCUT2D eigenvalue weighted by atomic mass is 79.9. The third-order valence-corrected chi connectivity index (χ3v) is 7.12. The fourth-order valence-corrected chi connectivity index (χ4v) is 4.98. The summed E-state index contributed by atoms with van der Waals surface area (Å²) in [5.74, 6) is -12.3. The summed E-state index contributed by atoms with van der Waals surface area (Å²) in [6.07, 6.45) is 1.26. The van der Waals surface area contributed by atoms with Crippen molar-refractivity contribution in [2.75, 3.05) is 13.2 Å². The normalized spacial score (nSPS) is 18.7. The number of ether oxygens (including phenoxy) is 2. The number of amides is 1. The largest absolute Gasteiger partial charge is 0.481 e. The summed E-state index contributed by atoms with van der Waals surface area (Å²) in [6, 6.07) is 4.66. The molecular formula is C27H29BrF4N2O6. The van der Waals surface area contributed by atoms with Gasteiger partial charge in [-0.15, -0.1) is 0 Å². The number of Topliss-reactive ketones (excluding diaryl/α,β-unsaturated/α-hetero) is 1. The monoisotopic (exact) mass is 632 g/mol. The van der Waals surface area contributed by atoms with E-state index in [0.717, 1.165) is 22.9 Å². The van der Waals surface area contributed by atoms with E-state index in [0.29, 0.717) is 13.0 Å². The van der Waals surface area contributed by atoms with Crippen LogP contribution in [0.2, 0.25) is 0 Å². The van der Waals surface area contributed by atoms with E-state index in [4.69, 9.17) is 4.74 Å². The van der Waals surface area contributed by atoms with Crippen LogP contribution in [0.5, 0.6) is 5.75 Å². The van der Waals surface area contributed by atoms with Crippen LogP contribution in [0.3, 0.4) is 0 Å². The molecule has 1 aliphatic heterocycles. The van der Waals surface area contributed by atoms with Crippen molar-refractivity contribution in [2.24, 2.45) is 5.92 Å². The van der Waals surface area contributed by atoms with Gasteiger partial charge in [-0.2, -0.15) is 8.78 Å². The quantitative estimate of drug-likeness (QED) is 0.232. The number of carbonyl (C=O) groups is 3. The second-order valence-corrected chi connectivity index (χ2v) is 10.5. The van der Waals surface area contributed by atoms with Gasteiger partial charge in [0.05, 0.1) is 12.5 Å². The smallest absolute Gasteiger partial charge is 0.305 e. The molecule has 1 heterocycles. The molecule has 1 unspecified atom stereocenters. The van der Waals surface area contributed by atoms with Crippen LogP contribution in [0.25, 0.3) is 0 Å². The van der Waals surface area contributed by atoms with Gasteiger partial charge in [-0.3, -0.25) is 19.7 Å². The maximum absolute atomic E-state index is 13.9. The van der Waals surface area contributed by atoms with Crippen LogP contribution in [-0.2, 0) is 24.8 Å². The topological polar surface area (TPSA) is 114 Å². The van der Waals surface area contributed by atoms with Crippen LogP contribution in [0.4, 0.5) is 17.6 Å². The lowest BCUT2D eigenvalue weighted by molar-refractivity contribution is -0.143. The van der Waals surface area contributed by atoms with Crippen molar-refractivity contribution < 1.29 is 46.5 Å². The van der Waals surface area contributed by atoms with Gasteiger partial charge >= 0.3 is 5.97 Å². The highest BCUT2D eigenvalue weighted by Gasteiger charge is 2.41. The van der Waals surface area contributed by atoms with Gasteiger partial charge in [0.25, 0.3) is 0 Å². The molecule has 2 aromatic carbocycles. The van der Waals surface area contributed by atoms with Crippen LogP contribution < -0.4 is 15.4 Å². The molecule has 3 rings (SSSR count). The van der Waals surface area contributed by atoms with Crippen molar-refractivity contribution in [2.45, 2.75) is 57.3 Å². The van der Waals surface area contributed by atoms with Crippen LogP contribution >= 0.6 is 15.9 Å². The first-order chi connectivity index (χ1) is 18.9. The number of halogens is 5. The fraction of sp³-hybridized carbons (Fsp3) is 0.444. The molecule has 3 atom stereocenters. The molecule has 1 amide bonds.